The maximum absolute atomic E-state index is 11.7. The molecule has 5 heteroatoms. The van der Waals surface area contributed by atoms with Gasteiger partial charge in [-0.25, -0.2) is 0 Å². The van der Waals surface area contributed by atoms with Crippen molar-refractivity contribution in [3.63, 3.8) is 0 Å². The van der Waals surface area contributed by atoms with E-state index in [-0.39, 0.29) is 17.0 Å². The number of nitrogens with zero attached hydrogens (tertiary/aromatic N) is 1. The van der Waals surface area contributed by atoms with Crippen molar-refractivity contribution in [3.05, 3.63) is 81.9 Å². The molecule has 0 aliphatic heterocycles. The van der Waals surface area contributed by atoms with Gasteiger partial charge in [0.2, 0.25) is 6.04 Å². The van der Waals surface area contributed by atoms with Crippen LogP contribution in [0.15, 0.2) is 60.7 Å². The molecule has 0 heterocycles. The van der Waals surface area contributed by atoms with Gasteiger partial charge in [-0.1, -0.05) is 60.7 Å². The van der Waals surface area contributed by atoms with E-state index >= 15 is 0 Å². The van der Waals surface area contributed by atoms with Crippen LogP contribution in [0.25, 0.3) is 0 Å². The first kappa shape index (κ1) is 17.6. The van der Waals surface area contributed by atoms with Crippen molar-refractivity contribution in [1.82, 2.24) is 10.6 Å². The van der Waals surface area contributed by atoms with Crippen molar-refractivity contribution >= 4 is 0 Å². The highest BCUT2D eigenvalue weighted by Crippen LogP contribution is 2.22. The lowest BCUT2D eigenvalue weighted by Gasteiger charge is -2.33. The van der Waals surface area contributed by atoms with Crippen molar-refractivity contribution in [2.24, 2.45) is 0 Å². The zero-order valence-corrected chi connectivity index (χ0v) is 14.3. The summed E-state index contributed by atoms with van der Waals surface area (Å²) < 4.78 is 0. The number of benzene rings is 2. The van der Waals surface area contributed by atoms with E-state index in [0.29, 0.717) is 13.1 Å². The fourth-order valence-electron chi connectivity index (χ4n) is 3.61. The first-order valence-corrected chi connectivity index (χ1v) is 8.92. The lowest BCUT2D eigenvalue weighted by Crippen LogP contribution is -2.57. The van der Waals surface area contributed by atoms with Gasteiger partial charge in [0.1, 0.15) is 0 Å². The Labute approximate surface area is 148 Å². The summed E-state index contributed by atoms with van der Waals surface area (Å²) in [4.78, 5) is 11.6. The molecule has 0 aromatic heterocycles. The van der Waals surface area contributed by atoms with E-state index in [2.05, 4.69) is 10.6 Å². The van der Waals surface area contributed by atoms with Gasteiger partial charge >= 0.3 is 0 Å². The van der Waals surface area contributed by atoms with Crippen LogP contribution in [-0.4, -0.2) is 23.0 Å². The fourth-order valence-corrected chi connectivity index (χ4v) is 3.61. The molecule has 0 bridgehead atoms. The Hall–Kier alpha value is -2.24. The van der Waals surface area contributed by atoms with Crippen molar-refractivity contribution in [2.45, 2.75) is 50.5 Å². The predicted octanol–water partition coefficient (Wildman–Crippen LogP) is 3.13. The third-order valence-electron chi connectivity index (χ3n) is 4.92. The number of hydrogen-bond donors (Lipinski definition) is 2. The summed E-state index contributed by atoms with van der Waals surface area (Å²) in [5.74, 6) is 0. The van der Waals surface area contributed by atoms with Gasteiger partial charge in [-0.2, -0.15) is 0 Å². The minimum absolute atomic E-state index is 0.0998. The molecule has 1 fully saturated rings. The average Bonchev–Trinajstić information content (AvgIpc) is 2.66. The quantitative estimate of drug-likeness (QED) is 0.601. The first-order valence-electron chi connectivity index (χ1n) is 8.92. The van der Waals surface area contributed by atoms with Crippen LogP contribution in [0.1, 0.15) is 30.4 Å². The molecule has 25 heavy (non-hydrogen) atoms. The van der Waals surface area contributed by atoms with Crippen LogP contribution >= 0.6 is 0 Å². The van der Waals surface area contributed by atoms with E-state index in [1.165, 1.54) is 0 Å². The predicted molar refractivity (Wildman–Crippen MR) is 98.8 cm³/mol. The van der Waals surface area contributed by atoms with Crippen molar-refractivity contribution in [2.75, 3.05) is 0 Å². The summed E-state index contributed by atoms with van der Waals surface area (Å²) in [5.41, 5.74) is 2.31. The summed E-state index contributed by atoms with van der Waals surface area (Å²) >= 11 is 0. The second-order valence-corrected chi connectivity index (χ2v) is 6.65. The zero-order valence-electron chi connectivity index (χ0n) is 14.3. The van der Waals surface area contributed by atoms with Gasteiger partial charge in [-0.15, -0.1) is 0 Å². The molecule has 0 amide bonds. The summed E-state index contributed by atoms with van der Waals surface area (Å²) in [6.45, 7) is 1.34. The molecule has 2 aromatic rings. The molecule has 0 saturated heterocycles. The Kier molecular flexibility index (Phi) is 6.14. The third kappa shape index (κ3) is 4.87. The summed E-state index contributed by atoms with van der Waals surface area (Å²) in [7, 11) is 0. The smallest absolute Gasteiger partial charge is 0.243 e. The average molecular weight is 339 g/mol. The highest BCUT2D eigenvalue weighted by molar-refractivity contribution is 5.15. The molecule has 1 aliphatic rings. The molecule has 1 saturated carbocycles. The van der Waals surface area contributed by atoms with Gasteiger partial charge in [-0.3, -0.25) is 10.1 Å². The Bertz CT molecular complexity index is 612. The molecule has 2 aromatic carbocycles. The largest absolute Gasteiger partial charge is 0.304 e. The van der Waals surface area contributed by atoms with E-state index in [9.17, 15) is 10.1 Å². The van der Waals surface area contributed by atoms with Crippen LogP contribution in [0.3, 0.4) is 0 Å². The van der Waals surface area contributed by atoms with Crippen LogP contribution in [0.2, 0.25) is 0 Å². The van der Waals surface area contributed by atoms with E-state index in [1.807, 2.05) is 60.7 Å². The number of nitro groups is 1. The Morgan fingerprint density at radius 2 is 1.28 bits per heavy atom. The Balaban J connectivity index is 1.61. The highest BCUT2D eigenvalue weighted by atomic mass is 16.6. The minimum atomic E-state index is -0.596. The van der Waals surface area contributed by atoms with E-state index < -0.39 is 6.04 Å². The van der Waals surface area contributed by atoms with Gasteiger partial charge in [0.15, 0.2) is 0 Å². The van der Waals surface area contributed by atoms with Gasteiger partial charge in [0, 0.05) is 18.0 Å². The normalized spacial score (nSPS) is 23.3. The summed E-state index contributed by atoms with van der Waals surface area (Å²) in [6.07, 6.45) is 2.70. The van der Waals surface area contributed by atoms with Gasteiger partial charge in [-0.05, 0) is 30.4 Å². The molecule has 1 aliphatic carbocycles. The van der Waals surface area contributed by atoms with Crippen molar-refractivity contribution in [3.8, 4) is 0 Å². The Morgan fingerprint density at radius 3 is 1.68 bits per heavy atom. The van der Waals surface area contributed by atoms with E-state index in [0.717, 1.165) is 30.4 Å². The van der Waals surface area contributed by atoms with E-state index in [4.69, 9.17) is 0 Å². The second-order valence-electron chi connectivity index (χ2n) is 6.65. The van der Waals surface area contributed by atoms with Crippen LogP contribution in [0, 0.1) is 10.1 Å². The standard InChI is InChI=1S/C20H25N3O2/c24-23(25)20-18(21-14-16-8-3-1-4-9-16)12-7-13-19(20)22-15-17-10-5-2-6-11-17/h1-6,8-11,18-22H,7,12-15H2/t18-,19+,20?. The number of rotatable bonds is 7. The number of hydrogen-bond acceptors (Lipinski definition) is 4. The van der Waals surface area contributed by atoms with Gasteiger partial charge < -0.3 is 10.6 Å². The monoisotopic (exact) mass is 339 g/mol. The summed E-state index contributed by atoms with van der Waals surface area (Å²) in [6, 6.07) is 19.3. The SMILES string of the molecule is O=[N+]([O-])C1[C@@H](NCc2ccccc2)CCC[C@H]1NCc1ccccc1. The van der Waals surface area contributed by atoms with Crippen molar-refractivity contribution in [1.29, 1.82) is 0 Å². The highest BCUT2D eigenvalue weighted by Gasteiger charge is 2.41. The van der Waals surface area contributed by atoms with Crippen molar-refractivity contribution < 1.29 is 4.92 Å². The molecule has 0 spiro atoms. The fraction of sp³-hybridized carbons (Fsp3) is 0.400. The molecular weight excluding hydrogens is 314 g/mol. The summed E-state index contributed by atoms with van der Waals surface area (Å²) in [5, 5.41) is 18.6. The molecule has 3 rings (SSSR count). The lowest BCUT2D eigenvalue weighted by atomic mass is 9.86. The molecule has 3 atom stereocenters. The molecule has 0 radical (unpaired) electrons. The van der Waals surface area contributed by atoms with Crippen LogP contribution < -0.4 is 10.6 Å². The van der Waals surface area contributed by atoms with E-state index in [1.54, 1.807) is 0 Å². The molecule has 1 unspecified atom stereocenters. The maximum Gasteiger partial charge on any atom is 0.243 e. The van der Waals surface area contributed by atoms with Crippen LogP contribution in [0.4, 0.5) is 0 Å². The first-order chi connectivity index (χ1) is 12.2. The lowest BCUT2D eigenvalue weighted by molar-refractivity contribution is -0.534. The minimum Gasteiger partial charge on any atom is -0.304 e. The Morgan fingerprint density at radius 1 is 0.840 bits per heavy atom. The molecule has 2 N–H and O–H groups in total. The van der Waals surface area contributed by atoms with Crippen LogP contribution in [0.5, 0.6) is 0 Å². The van der Waals surface area contributed by atoms with Gasteiger partial charge in [0.05, 0.1) is 12.1 Å². The second kappa shape index (κ2) is 8.74. The van der Waals surface area contributed by atoms with Crippen LogP contribution in [-0.2, 0) is 13.1 Å². The third-order valence-corrected chi connectivity index (χ3v) is 4.92. The maximum atomic E-state index is 11.7. The zero-order chi connectivity index (χ0) is 17.5. The molecule has 132 valence electrons. The topological polar surface area (TPSA) is 67.2 Å². The molecule has 5 nitrogen and oxygen atoms in total. The van der Waals surface area contributed by atoms with Gasteiger partial charge in [0.25, 0.3) is 0 Å². The molecular formula is C20H25N3O2. The number of nitrogens with one attached hydrogen (secondary N) is 2.